The Kier molecular flexibility index (Phi) is 2.30. The molecule has 2 atom stereocenters. The maximum atomic E-state index is 10.0. The van der Waals surface area contributed by atoms with E-state index in [9.17, 15) is 10.2 Å². The number of aliphatic hydroxyl groups excluding tert-OH is 1. The molecule has 17 heavy (non-hydrogen) atoms. The Morgan fingerprint density at radius 2 is 2.12 bits per heavy atom. The second kappa shape index (κ2) is 3.82. The number of hydrogen-bond acceptors (Lipinski definition) is 4. The van der Waals surface area contributed by atoms with Gasteiger partial charge < -0.3 is 19.4 Å². The predicted octanol–water partition coefficient (Wildman–Crippen LogP) is 2.54. The molecule has 4 heteroatoms. The minimum Gasteiger partial charge on any atom is -0.508 e. The zero-order valence-corrected chi connectivity index (χ0v) is 9.04. The van der Waals surface area contributed by atoms with Crippen LogP contribution in [0.25, 0.3) is 0 Å². The molecule has 0 spiro atoms. The van der Waals surface area contributed by atoms with Crippen molar-refractivity contribution < 1.29 is 19.4 Å². The fourth-order valence-electron chi connectivity index (χ4n) is 2.08. The number of phenolic OH excluding ortho intramolecular Hbond substituents is 1. The number of furan rings is 1. The van der Waals surface area contributed by atoms with E-state index in [1.807, 2.05) is 6.07 Å². The summed E-state index contributed by atoms with van der Waals surface area (Å²) < 4.78 is 11.0. The summed E-state index contributed by atoms with van der Waals surface area (Å²) in [4.78, 5) is 0. The lowest BCUT2D eigenvalue weighted by Gasteiger charge is -2.28. The first kappa shape index (κ1) is 10.2. The van der Waals surface area contributed by atoms with Gasteiger partial charge in [0.2, 0.25) is 0 Å². The van der Waals surface area contributed by atoms with Gasteiger partial charge in [-0.15, -0.1) is 0 Å². The van der Waals surface area contributed by atoms with E-state index < -0.39 is 6.10 Å². The Bertz CT molecular complexity index is 518. The van der Waals surface area contributed by atoms with E-state index in [-0.39, 0.29) is 11.9 Å². The molecule has 2 aromatic rings. The molecule has 1 aromatic carbocycles. The number of phenols is 1. The van der Waals surface area contributed by atoms with Crippen LogP contribution in [0.3, 0.4) is 0 Å². The van der Waals surface area contributed by atoms with E-state index in [0.29, 0.717) is 23.5 Å². The SMILES string of the molecule is Oc1ccc2c(c1)OC(c1ccco1)CC2O. The van der Waals surface area contributed by atoms with Crippen LogP contribution in [0, 0.1) is 0 Å². The van der Waals surface area contributed by atoms with Crippen molar-refractivity contribution in [2.24, 2.45) is 0 Å². The second-order valence-corrected chi connectivity index (χ2v) is 4.10. The van der Waals surface area contributed by atoms with Crippen molar-refractivity contribution in [3.05, 3.63) is 47.9 Å². The molecule has 2 unspecified atom stereocenters. The average molecular weight is 232 g/mol. The molecule has 0 radical (unpaired) electrons. The van der Waals surface area contributed by atoms with Gasteiger partial charge in [-0.25, -0.2) is 0 Å². The summed E-state index contributed by atoms with van der Waals surface area (Å²) in [6.45, 7) is 0. The second-order valence-electron chi connectivity index (χ2n) is 4.10. The Morgan fingerprint density at radius 1 is 1.24 bits per heavy atom. The Balaban J connectivity index is 1.97. The molecule has 88 valence electrons. The predicted molar refractivity (Wildman–Crippen MR) is 59.8 cm³/mol. The quantitative estimate of drug-likeness (QED) is 0.793. The third-order valence-corrected chi connectivity index (χ3v) is 2.92. The van der Waals surface area contributed by atoms with Crippen LogP contribution in [0.5, 0.6) is 11.5 Å². The maximum Gasteiger partial charge on any atom is 0.159 e. The average Bonchev–Trinajstić information content (AvgIpc) is 2.81. The summed E-state index contributed by atoms with van der Waals surface area (Å²) in [5, 5.41) is 19.4. The summed E-state index contributed by atoms with van der Waals surface area (Å²) in [6, 6.07) is 8.31. The van der Waals surface area contributed by atoms with E-state index in [2.05, 4.69) is 0 Å². The standard InChI is InChI=1S/C13H12O4/c14-8-3-4-9-10(15)7-13(17-12(9)6-8)11-2-1-5-16-11/h1-6,10,13-15H,7H2. The Hall–Kier alpha value is -1.94. The minimum atomic E-state index is -0.602. The first-order valence-corrected chi connectivity index (χ1v) is 5.45. The molecule has 0 aliphatic carbocycles. The molecule has 0 saturated carbocycles. The summed E-state index contributed by atoms with van der Waals surface area (Å²) in [6.07, 6.45) is 1.11. The summed E-state index contributed by atoms with van der Waals surface area (Å²) >= 11 is 0. The van der Waals surface area contributed by atoms with Gasteiger partial charge in [0.05, 0.1) is 12.4 Å². The van der Waals surface area contributed by atoms with Crippen LogP contribution in [0.2, 0.25) is 0 Å². The highest BCUT2D eigenvalue weighted by Gasteiger charge is 2.29. The monoisotopic (exact) mass is 232 g/mol. The molecule has 2 heterocycles. The number of benzene rings is 1. The zero-order valence-electron chi connectivity index (χ0n) is 9.04. The van der Waals surface area contributed by atoms with E-state index in [4.69, 9.17) is 9.15 Å². The van der Waals surface area contributed by atoms with Crippen molar-refractivity contribution in [3.8, 4) is 11.5 Å². The number of aromatic hydroxyl groups is 1. The van der Waals surface area contributed by atoms with E-state index >= 15 is 0 Å². The number of aliphatic hydroxyl groups is 1. The molecule has 0 bridgehead atoms. The molecular weight excluding hydrogens is 220 g/mol. The first-order valence-electron chi connectivity index (χ1n) is 5.45. The normalized spacial score (nSPS) is 22.9. The van der Waals surface area contributed by atoms with Crippen LogP contribution >= 0.6 is 0 Å². The summed E-state index contributed by atoms with van der Waals surface area (Å²) in [5.74, 6) is 1.30. The van der Waals surface area contributed by atoms with Crippen molar-refractivity contribution in [1.82, 2.24) is 0 Å². The molecule has 0 fully saturated rings. The van der Waals surface area contributed by atoms with Crippen molar-refractivity contribution in [2.75, 3.05) is 0 Å². The van der Waals surface area contributed by atoms with Crippen molar-refractivity contribution in [2.45, 2.75) is 18.6 Å². The molecule has 0 amide bonds. The van der Waals surface area contributed by atoms with Gasteiger partial charge in [-0.05, 0) is 24.3 Å². The number of ether oxygens (including phenoxy) is 1. The number of hydrogen-bond donors (Lipinski definition) is 2. The van der Waals surface area contributed by atoms with Crippen LogP contribution in [0.15, 0.2) is 41.0 Å². The summed E-state index contributed by atoms with van der Waals surface area (Å²) in [7, 11) is 0. The lowest BCUT2D eigenvalue weighted by atomic mass is 9.98. The molecule has 0 saturated heterocycles. The zero-order chi connectivity index (χ0) is 11.8. The number of fused-ring (bicyclic) bond motifs is 1. The molecule has 2 N–H and O–H groups in total. The molecule has 3 rings (SSSR count). The lowest BCUT2D eigenvalue weighted by molar-refractivity contribution is 0.0544. The van der Waals surface area contributed by atoms with Crippen LogP contribution in [-0.4, -0.2) is 10.2 Å². The fourth-order valence-corrected chi connectivity index (χ4v) is 2.08. The molecule has 1 aliphatic rings. The smallest absolute Gasteiger partial charge is 0.159 e. The maximum absolute atomic E-state index is 10.0. The Morgan fingerprint density at radius 3 is 2.88 bits per heavy atom. The molecule has 1 aromatic heterocycles. The van der Waals surface area contributed by atoms with Crippen molar-refractivity contribution in [1.29, 1.82) is 0 Å². The molecule has 4 nitrogen and oxygen atoms in total. The van der Waals surface area contributed by atoms with Gasteiger partial charge in [0.1, 0.15) is 17.3 Å². The van der Waals surface area contributed by atoms with Crippen LogP contribution in [0.4, 0.5) is 0 Å². The first-order chi connectivity index (χ1) is 8.24. The minimum absolute atomic E-state index is 0.121. The highest BCUT2D eigenvalue weighted by Crippen LogP contribution is 2.42. The van der Waals surface area contributed by atoms with Gasteiger partial charge in [0, 0.05) is 18.1 Å². The molecule has 1 aliphatic heterocycles. The van der Waals surface area contributed by atoms with Gasteiger partial charge >= 0.3 is 0 Å². The number of rotatable bonds is 1. The molecular formula is C13H12O4. The van der Waals surface area contributed by atoms with Crippen LogP contribution < -0.4 is 4.74 Å². The van der Waals surface area contributed by atoms with E-state index in [1.165, 1.54) is 6.07 Å². The van der Waals surface area contributed by atoms with Gasteiger partial charge in [0.25, 0.3) is 0 Å². The fraction of sp³-hybridized carbons (Fsp3) is 0.231. The highest BCUT2D eigenvalue weighted by molar-refractivity contribution is 5.43. The third-order valence-electron chi connectivity index (χ3n) is 2.92. The van der Waals surface area contributed by atoms with Crippen LogP contribution in [-0.2, 0) is 0 Å². The topological polar surface area (TPSA) is 62.8 Å². The van der Waals surface area contributed by atoms with Crippen molar-refractivity contribution >= 4 is 0 Å². The Labute approximate surface area is 98.1 Å². The van der Waals surface area contributed by atoms with Gasteiger partial charge in [0.15, 0.2) is 6.10 Å². The van der Waals surface area contributed by atoms with E-state index in [1.54, 1.807) is 24.5 Å². The van der Waals surface area contributed by atoms with Gasteiger partial charge in [-0.3, -0.25) is 0 Å². The van der Waals surface area contributed by atoms with Crippen LogP contribution in [0.1, 0.15) is 30.0 Å². The van der Waals surface area contributed by atoms with Gasteiger partial charge in [-0.2, -0.15) is 0 Å². The lowest BCUT2D eigenvalue weighted by Crippen LogP contribution is -2.18. The third kappa shape index (κ3) is 1.76. The van der Waals surface area contributed by atoms with E-state index in [0.717, 1.165) is 0 Å². The summed E-state index contributed by atoms with van der Waals surface area (Å²) in [5.41, 5.74) is 0.700. The largest absolute Gasteiger partial charge is 0.508 e. The highest BCUT2D eigenvalue weighted by atomic mass is 16.5. The van der Waals surface area contributed by atoms with Gasteiger partial charge in [-0.1, -0.05) is 0 Å². The van der Waals surface area contributed by atoms with Crippen molar-refractivity contribution in [3.63, 3.8) is 0 Å².